The van der Waals surface area contributed by atoms with Crippen LogP contribution in [0.15, 0.2) is 22.8 Å². The molecule has 2 rings (SSSR count). The molecule has 1 nitrogen and oxygen atoms in total. The van der Waals surface area contributed by atoms with Gasteiger partial charge in [0.2, 0.25) is 0 Å². The second kappa shape index (κ2) is 3.18. The van der Waals surface area contributed by atoms with Crippen LogP contribution in [0.5, 0.6) is 0 Å². The summed E-state index contributed by atoms with van der Waals surface area (Å²) in [5.41, 5.74) is 3.95. The van der Waals surface area contributed by atoms with Crippen molar-refractivity contribution in [2.24, 2.45) is 0 Å². The van der Waals surface area contributed by atoms with Crippen LogP contribution in [0.4, 0.5) is 0 Å². The minimum atomic E-state index is 1.07. The molecule has 0 spiro atoms. The van der Waals surface area contributed by atoms with E-state index in [9.17, 15) is 0 Å². The first-order chi connectivity index (χ1) is 6.24. The summed E-state index contributed by atoms with van der Waals surface area (Å²) in [7, 11) is 0. The summed E-state index contributed by atoms with van der Waals surface area (Å²) >= 11 is 3.52. The maximum Gasteiger partial charge on any atom is 0.0860 e. The second-order valence-corrected chi connectivity index (χ2v) is 4.05. The summed E-state index contributed by atoms with van der Waals surface area (Å²) in [6, 6.07) is 6.45. The van der Waals surface area contributed by atoms with Gasteiger partial charge in [-0.25, -0.2) is 0 Å². The molecule has 0 fully saturated rings. The van der Waals surface area contributed by atoms with Gasteiger partial charge in [0.1, 0.15) is 0 Å². The Bertz CT molecular complexity index is 443. The Balaban J connectivity index is 2.84. The van der Waals surface area contributed by atoms with E-state index < -0.39 is 0 Å². The maximum absolute atomic E-state index is 3.52. The SMILES string of the molecule is CCc1cccc2c(C)c(Br)[nH]c12. The van der Waals surface area contributed by atoms with E-state index in [1.165, 1.54) is 22.0 Å². The van der Waals surface area contributed by atoms with Gasteiger partial charge in [-0.2, -0.15) is 0 Å². The number of hydrogen-bond acceptors (Lipinski definition) is 0. The molecule has 1 aromatic heterocycles. The molecule has 0 unspecified atom stereocenters. The monoisotopic (exact) mass is 237 g/mol. The quantitative estimate of drug-likeness (QED) is 0.777. The van der Waals surface area contributed by atoms with E-state index in [0.29, 0.717) is 0 Å². The summed E-state index contributed by atoms with van der Waals surface area (Å²) < 4.78 is 1.10. The Morgan fingerprint density at radius 2 is 2.15 bits per heavy atom. The minimum Gasteiger partial charge on any atom is -0.349 e. The molecule has 13 heavy (non-hydrogen) atoms. The van der Waals surface area contributed by atoms with Crippen molar-refractivity contribution >= 4 is 26.8 Å². The van der Waals surface area contributed by atoms with E-state index >= 15 is 0 Å². The summed E-state index contributed by atoms with van der Waals surface area (Å²) in [6.07, 6.45) is 1.07. The van der Waals surface area contributed by atoms with E-state index in [0.717, 1.165) is 11.0 Å². The van der Waals surface area contributed by atoms with Crippen molar-refractivity contribution in [1.29, 1.82) is 0 Å². The zero-order chi connectivity index (χ0) is 9.42. The van der Waals surface area contributed by atoms with Gasteiger partial charge in [0, 0.05) is 10.9 Å². The first-order valence-corrected chi connectivity index (χ1v) is 5.29. The van der Waals surface area contributed by atoms with Crippen molar-refractivity contribution in [2.75, 3.05) is 0 Å². The van der Waals surface area contributed by atoms with Crippen LogP contribution in [-0.4, -0.2) is 4.98 Å². The molecule has 0 aliphatic carbocycles. The lowest BCUT2D eigenvalue weighted by molar-refractivity contribution is 1.15. The number of fused-ring (bicyclic) bond motifs is 1. The van der Waals surface area contributed by atoms with Gasteiger partial charge < -0.3 is 4.98 Å². The average Bonchev–Trinajstić information content (AvgIpc) is 2.43. The molecule has 0 aliphatic rings. The van der Waals surface area contributed by atoms with Gasteiger partial charge in [-0.3, -0.25) is 0 Å². The van der Waals surface area contributed by atoms with Gasteiger partial charge in [-0.1, -0.05) is 25.1 Å². The molecular weight excluding hydrogens is 226 g/mol. The highest BCUT2D eigenvalue weighted by molar-refractivity contribution is 9.10. The number of nitrogens with one attached hydrogen (secondary N) is 1. The number of H-pyrrole nitrogens is 1. The highest BCUT2D eigenvalue weighted by atomic mass is 79.9. The molecule has 1 N–H and O–H groups in total. The van der Waals surface area contributed by atoms with E-state index in [1.54, 1.807) is 0 Å². The molecule has 2 aromatic rings. The predicted octanol–water partition coefficient (Wildman–Crippen LogP) is 3.80. The highest BCUT2D eigenvalue weighted by Crippen LogP contribution is 2.27. The minimum absolute atomic E-state index is 1.07. The van der Waals surface area contributed by atoms with E-state index in [2.05, 4.69) is 53.0 Å². The number of aryl methyl sites for hydroxylation is 2. The largest absolute Gasteiger partial charge is 0.349 e. The topological polar surface area (TPSA) is 15.8 Å². The second-order valence-electron chi connectivity index (χ2n) is 3.26. The molecular formula is C11H12BrN. The van der Waals surface area contributed by atoms with Crippen molar-refractivity contribution < 1.29 is 0 Å². The molecule has 1 aromatic carbocycles. The fourth-order valence-electron chi connectivity index (χ4n) is 1.68. The first kappa shape index (κ1) is 8.82. The van der Waals surface area contributed by atoms with E-state index in [-0.39, 0.29) is 0 Å². The Morgan fingerprint density at radius 3 is 2.85 bits per heavy atom. The third-order valence-electron chi connectivity index (χ3n) is 2.50. The van der Waals surface area contributed by atoms with Crippen molar-refractivity contribution in [3.63, 3.8) is 0 Å². The van der Waals surface area contributed by atoms with Crippen molar-refractivity contribution in [3.05, 3.63) is 33.9 Å². The number of aromatic nitrogens is 1. The van der Waals surface area contributed by atoms with Crippen LogP contribution in [0.25, 0.3) is 10.9 Å². The molecule has 0 saturated carbocycles. The number of rotatable bonds is 1. The summed E-state index contributed by atoms with van der Waals surface area (Å²) in [4.78, 5) is 3.36. The number of halogens is 1. The fourth-order valence-corrected chi connectivity index (χ4v) is 2.09. The molecule has 68 valence electrons. The number of para-hydroxylation sites is 1. The van der Waals surface area contributed by atoms with Gasteiger partial charge in [-0.15, -0.1) is 0 Å². The first-order valence-electron chi connectivity index (χ1n) is 4.49. The van der Waals surface area contributed by atoms with Crippen LogP contribution in [-0.2, 0) is 6.42 Å². The molecule has 0 atom stereocenters. The Hall–Kier alpha value is -0.760. The highest BCUT2D eigenvalue weighted by Gasteiger charge is 2.06. The van der Waals surface area contributed by atoms with Crippen molar-refractivity contribution in [3.8, 4) is 0 Å². The van der Waals surface area contributed by atoms with Gasteiger partial charge in [0.15, 0.2) is 0 Å². The van der Waals surface area contributed by atoms with Crippen LogP contribution < -0.4 is 0 Å². The van der Waals surface area contributed by atoms with Crippen molar-refractivity contribution in [1.82, 2.24) is 4.98 Å². The summed E-state index contributed by atoms with van der Waals surface area (Å²) in [5.74, 6) is 0. The standard InChI is InChI=1S/C11H12BrN/c1-3-8-5-4-6-9-7(2)11(12)13-10(8)9/h4-6,13H,3H2,1-2H3. The molecule has 0 bridgehead atoms. The smallest absolute Gasteiger partial charge is 0.0860 e. The molecule has 0 saturated heterocycles. The van der Waals surface area contributed by atoms with E-state index in [1.807, 2.05) is 0 Å². The lowest BCUT2D eigenvalue weighted by Gasteiger charge is -1.98. The zero-order valence-corrected chi connectivity index (χ0v) is 9.40. The Kier molecular flexibility index (Phi) is 2.16. The van der Waals surface area contributed by atoms with Crippen LogP contribution in [0.2, 0.25) is 0 Å². The third kappa shape index (κ3) is 1.29. The lowest BCUT2D eigenvalue weighted by Crippen LogP contribution is -1.81. The van der Waals surface area contributed by atoms with Gasteiger partial charge in [0.05, 0.1) is 4.60 Å². The Labute approximate surface area is 86.3 Å². The predicted molar refractivity (Wildman–Crippen MR) is 60.1 cm³/mol. The lowest BCUT2D eigenvalue weighted by atomic mass is 10.1. The number of hydrogen-bond donors (Lipinski definition) is 1. The van der Waals surface area contributed by atoms with E-state index in [4.69, 9.17) is 0 Å². The van der Waals surface area contributed by atoms with Crippen molar-refractivity contribution in [2.45, 2.75) is 20.3 Å². The third-order valence-corrected chi connectivity index (χ3v) is 3.29. The number of aromatic amines is 1. The average molecular weight is 238 g/mol. The molecule has 0 aliphatic heterocycles. The normalized spacial score (nSPS) is 11.0. The van der Waals surface area contributed by atoms with Crippen LogP contribution >= 0.6 is 15.9 Å². The fraction of sp³-hybridized carbons (Fsp3) is 0.273. The van der Waals surface area contributed by atoms with Gasteiger partial charge >= 0.3 is 0 Å². The zero-order valence-electron chi connectivity index (χ0n) is 7.82. The number of benzene rings is 1. The molecule has 2 heteroatoms. The van der Waals surface area contributed by atoms with Crippen LogP contribution in [0, 0.1) is 6.92 Å². The molecule has 1 heterocycles. The Morgan fingerprint density at radius 1 is 1.38 bits per heavy atom. The van der Waals surface area contributed by atoms with Crippen LogP contribution in [0.3, 0.4) is 0 Å². The summed E-state index contributed by atoms with van der Waals surface area (Å²) in [6.45, 7) is 4.31. The molecule has 0 amide bonds. The van der Waals surface area contributed by atoms with Gasteiger partial charge in [-0.05, 0) is 40.4 Å². The summed E-state index contributed by atoms with van der Waals surface area (Å²) in [5, 5.41) is 1.33. The van der Waals surface area contributed by atoms with Gasteiger partial charge in [0.25, 0.3) is 0 Å². The van der Waals surface area contributed by atoms with Crippen LogP contribution in [0.1, 0.15) is 18.1 Å². The maximum atomic E-state index is 3.52. The molecule has 0 radical (unpaired) electrons.